The van der Waals surface area contributed by atoms with Crippen LogP contribution in [0.3, 0.4) is 0 Å². The summed E-state index contributed by atoms with van der Waals surface area (Å²) in [6.45, 7) is 5.50. The molecule has 0 bridgehead atoms. The van der Waals surface area contributed by atoms with Gasteiger partial charge in [0, 0.05) is 13.6 Å². The maximum atomic E-state index is 12.2. The Morgan fingerprint density at radius 3 is 2.57 bits per heavy atom. The Morgan fingerprint density at radius 2 is 2.05 bits per heavy atom. The topological polar surface area (TPSA) is 41.6 Å². The molecule has 4 nitrogen and oxygen atoms in total. The maximum Gasteiger partial charge on any atom is 0.317 e. The molecule has 0 radical (unpaired) electrons. The van der Waals surface area contributed by atoms with Crippen molar-refractivity contribution in [3.05, 3.63) is 29.8 Å². The van der Waals surface area contributed by atoms with E-state index >= 15 is 0 Å². The number of hydrogen-bond acceptors (Lipinski definition) is 2. The number of carbonyl (C=O) groups excluding carboxylic acids is 1. The van der Waals surface area contributed by atoms with Crippen molar-refractivity contribution < 1.29 is 9.53 Å². The van der Waals surface area contributed by atoms with Gasteiger partial charge in [0.2, 0.25) is 0 Å². The van der Waals surface area contributed by atoms with Gasteiger partial charge in [-0.05, 0) is 50.3 Å². The van der Waals surface area contributed by atoms with Crippen molar-refractivity contribution in [1.82, 2.24) is 10.2 Å². The molecule has 0 spiro atoms. The van der Waals surface area contributed by atoms with Crippen LogP contribution >= 0.6 is 0 Å². The van der Waals surface area contributed by atoms with Gasteiger partial charge in [0.15, 0.2) is 0 Å². The Kier molecular flexibility index (Phi) is 5.48. The minimum Gasteiger partial charge on any atom is -0.494 e. The zero-order chi connectivity index (χ0) is 15.2. The molecule has 1 N–H and O–H groups in total. The largest absolute Gasteiger partial charge is 0.494 e. The van der Waals surface area contributed by atoms with Crippen LogP contribution in [0.5, 0.6) is 5.75 Å². The van der Waals surface area contributed by atoms with Gasteiger partial charge in [-0.1, -0.05) is 18.6 Å². The van der Waals surface area contributed by atoms with Crippen molar-refractivity contribution >= 4 is 6.03 Å². The number of rotatable bonds is 6. The summed E-state index contributed by atoms with van der Waals surface area (Å²) in [7, 11) is 1.87. The minimum atomic E-state index is -0.00276. The number of ether oxygens (including phenoxy) is 1. The number of nitrogens with one attached hydrogen (secondary N) is 1. The van der Waals surface area contributed by atoms with Crippen molar-refractivity contribution in [1.29, 1.82) is 0 Å². The number of hydrogen-bond donors (Lipinski definition) is 1. The molecule has 0 unspecified atom stereocenters. The lowest BCUT2D eigenvalue weighted by Gasteiger charge is -2.30. The molecule has 2 amide bonds. The van der Waals surface area contributed by atoms with Crippen molar-refractivity contribution in [2.75, 3.05) is 20.2 Å². The smallest absolute Gasteiger partial charge is 0.317 e. The van der Waals surface area contributed by atoms with E-state index in [0.29, 0.717) is 12.5 Å². The zero-order valence-corrected chi connectivity index (χ0v) is 13.3. The van der Waals surface area contributed by atoms with Gasteiger partial charge < -0.3 is 15.0 Å². The summed E-state index contributed by atoms with van der Waals surface area (Å²) < 4.78 is 5.43. The van der Waals surface area contributed by atoms with Crippen LogP contribution in [0, 0.1) is 5.92 Å². The SMILES string of the molecule is CCOc1ccc([C@@H](C)NC(=O)N(C)CC2CCC2)cc1. The Bertz CT molecular complexity index is 454. The summed E-state index contributed by atoms with van der Waals surface area (Å²) in [5.74, 6) is 1.56. The highest BCUT2D eigenvalue weighted by Gasteiger charge is 2.22. The van der Waals surface area contributed by atoms with E-state index in [2.05, 4.69) is 5.32 Å². The van der Waals surface area contributed by atoms with Gasteiger partial charge in [-0.2, -0.15) is 0 Å². The second kappa shape index (κ2) is 7.34. The molecular formula is C17H26N2O2. The normalized spacial score (nSPS) is 16.0. The molecule has 2 rings (SSSR count). The monoisotopic (exact) mass is 290 g/mol. The molecule has 1 atom stereocenters. The predicted molar refractivity (Wildman–Crippen MR) is 84.5 cm³/mol. The van der Waals surface area contributed by atoms with Gasteiger partial charge in [0.25, 0.3) is 0 Å². The van der Waals surface area contributed by atoms with E-state index in [1.54, 1.807) is 4.90 Å². The van der Waals surface area contributed by atoms with E-state index in [4.69, 9.17) is 4.74 Å². The molecule has 1 fully saturated rings. The van der Waals surface area contributed by atoms with Gasteiger partial charge in [0.05, 0.1) is 12.6 Å². The number of carbonyl (C=O) groups is 1. The average Bonchev–Trinajstić information content (AvgIpc) is 2.43. The molecular weight excluding hydrogens is 264 g/mol. The molecule has 1 aliphatic carbocycles. The Labute approximate surface area is 127 Å². The second-order valence-electron chi connectivity index (χ2n) is 5.85. The highest BCUT2D eigenvalue weighted by Crippen LogP contribution is 2.26. The van der Waals surface area contributed by atoms with Gasteiger partial charge in [-0.3, -0.25) is 0 Å². The fourth-order valence-corrected chi connectivity index (χ4v) is 2.54. The molecule has 4 heteroatoms. The fraction of sp³-hybridized carbons (Fsp3) is 0.588. The van der Waals surface area contributed by atoms with Crippen molar-refractivity contribution in [3.8, 4) is 5.75 Å². The van der Waals surface area contributed by atoms with E-state index in [9.17, 15) is 4.79 Å². The molecule has 116 valence electrons. The minimum absolute atomic E-state index is 0.00276. The Morgan fingerprint density at radius 1 is 1.38 bits per heavy atom. The third-order valence-electron chi connectivity index (χ3n) is 4.13. The fourth-order valence-electron chi connectivity index (χ4n) is 2.54. The van der Waals surface area contributed by atoms with Crippen LogP contribution in [0.15, 0.2) is 24.3 Å². The molecule has 1 aromatic carbocycles. The molecule has 0 saturated heterocycles. The highest BCUT2D eigenvalue weighted by molar-refractivity contribution is 5.74. The zero-order valence-electron chi connectivity index (χ0n) is 13.3. The van der Waals surface area contributed by atoms with E-state index < -0.39 is 0 Å². The van der Waals surface area contributed by atoms with Crippen LogP contribution in [-0.2, 0) is 0 Å². The third-order valence-corrected chi connectivity index (χ3v) is 4.13. The van der Waals surface area contributed by atoms with Gasteiger partial charge in [-0.15, -0.1) is 0 Å². The molecule has 0 heterocycles. The van der Waals surface area contributed by atoms with Crippen LogP contribution in [0.4, 0.5) is 4.79 Å². The summed E-state index contributed by atoms with van der Waals surface area (Å²) in [5.41, 5.74) is 1.09. The quantitative estimate of drug-likeness (QED) is 0.870. The predicted octanol–water partition coefficient (Wildman–Crippen LogP) is 3.59. The Balaban J connectivity index is 1.84. The summed E-state index contributed by atoms with van der Waals surface area (Å²) >= 11 is 0. The van der Waals surface area contributed by atoms with Gasteiger partial charge >= 0.3 is 6.03 Å². The van der Waals surface area contributed by atoms with Crippen LogP contribution in [0.2, 0.25) is 0 Å². The molecule has 0 aromatic heterocycles. The highest BCUT2D eigenvalue weighted by atomic mass is 16.5. The first-order chi connectivity index (χ1) is 10.1. The molecule has 1 aromatic rings. The van der Waals surface area contributed by atoms with E-state index in [1.165, 1.54) is 19.3 Å². The number of nitrogens with zero attached hydrogens (tertiary/aromatic N) is 1. The standard InChI is InChI=1S/C17H26N2O2/c1-4-21-16-10-8-15(9-11-16)13(2)18-17(20)19(3)12-14-6-5-7-14/h8-11,13-14H,4-7,12H2,1-3H3,(H,18,20)/t13-/m1/s1. The molecule has 1 saturated carbocycles. The second-order valence-corrected chi connectivity index (χ2v) is 5.85. The van der Waals surface area contributed by atoms with Crippen LogP contribution in [0.1, 0.15) is 44.7 Å². The van der Waals surface area contributed by atoms with Crippen molar-refractivity contribution in [2.24, 2.45) is 5.92 Å². The lowest BCUT2D eigenvalue weighted by molar-refractivity contribution is 0.180. The van der Waals surface area contributed by atoms with Crippen molar-refractivity contribution in [3.63, 3.8) is 0 Å². The number of amides is 2. The van der Waals surface area contributed by atoms with E-state index in [-0.39, 0.29) is 12.1 Å². The van der Waals surface area contributed by atoms with Crippen LogP contribution < -0.4 is 10.1 Å². The summed E-state index contributed by atoms with van der Waals surface area (Å²) in [6, 6.07) is 7.89. The first-order valence-corrected chi connectivity index (χ1v) is 7.84. The summed E-state index contributed by atoms with van der Waals surface area (Å²) in [6.07, 6.45) is 3.82. The molecule has 21 heavy (non-hydrogen) atoms. The van der Waals surface area contributed by atoms with E-state index in [1.807, 2.05) is 45.2 Å². The third kappa shape index (κ3) is 4.38. The molecule has 0 aliphatic heterocycles. The number of benzene rings is 1. The first-order valence-electron chi connectivity index (χ1n) is 7.84. The first kappa shape index (κ1) is 15.7. The maximum absolute atomic E-state index is 12.2. The summed E-state index contributed by atoms with van der Waals surface area (Å²) in [4.78, 5) is 14.0. The lowest BCUT2D eigenvalue weighted by atomic mass is 9.85. The van der Waals surface area contributed by atoms with Crippen LogP contribution in [0.25, 0.3) is 0 Å². The lowest BCUT2D eigenvalue weighted by Crippen LogP contribution is -2.42. The Hall–Kier alpha value is -1.71. The van der Waals surface area contributed by atoms with Crippen LogP contribution in [-0.4, -0.2) is 31.1 Å². The van der Waals surface area contributed by atoms with Crippen molar-refractivity contribution in [2.45, 2.75) is 39.2 Å². The number of urea groups is 1. The molecule has 1 aliphatic rings. The van der Waals surface area contributed by atoms with Gasteiger partial charge in [0.1, 0.15) is 5.75 Å². The van der Waals surface area contributed by atoms with Gasteiger partial charge in [-0.25, -0.2) is 4.79 Å². The van der Waals surface area contributed by atoms with E-state index in [0.717, 1.165) is 17.9 Å². The summed E-state index contributed by atoms with van der Waals surface area (Å²) in [5, 5.41) is 3.05. The average molecular weight is 290 g/mol.